The first kappa shape index (κ1) is 15.4. The fourth-order valence-electron chi connectivity index (χ4n) is 2.10. The van der Waals surface area contributed by atoms with Gasteiger partial charge in [-0.15, -0.1) is 0 Å². The molecule has 0 aliphatic carbocycles. The Morgan fingerprint density at radius 2 is 2.05 bits per heavy atom. The number of nitrogen functional groups attached to an aromatic ring is 1. The molecular weight excluding hydrogens is 332 g/mol. The zero-order valence-corrected chi connectivity index (χ0v) is 13.3. The topological polar surface area (TPSA) is 66.6 Å². The molecule has 0 aromatic heterocycles. The van der Waals surface area contributed by atoms with Gasteiger partial charge in [-0.1, -0.05) is 28.9 Å². The van der Waals surface area contributed by atoms with Gasteiger partial charge in [-0.25, -0.2) is 0 Å². The molecular formula is C16H17BrN2O2. The Kier molecular flexibility index (Phi) is 4.85. The average molecular weight is 349 g/mol. The first-order valence-electron chi connectivity index (χ1n) is 6.69. The highest BCUT2D eigenvalue weighted by Gasteiger charge is 2.20. The molecule has 21 heavy (non-hydrogen) atoms. The number of nitrogens with two attached hydrogens (primary N) is 1. The van der Waals surface area contributed by atoms with E-state index in [1.54, 1.807) is 29.2 Å². The Bertz CT molecular complexity index is 658. The van der Waals surface area contributed by atoms with Gasteiger partial charge in [-0.3, -0.25) is 4.79 Å². The van der Waals surface area contributed by atoms with E-state index in [4.69, 9.17) is 5.73 Å². The van der Waals surface area contributed by atoms with Crippen molar-refractivity contribution in [1.29, 1.82) is 0 Å². The molecule has 0 aliphatic rings. The van der Waals surface area contributed by atoms with Crippen LogP contribution in [0.5, 0.6) is 5.75 Å². The lowest BCUT2D eigenvalue weighted by Crippen LogP contribution is -2.31. The van der Waals surface area contributed by atoms with E-state index < -0.39 is 0 Å². The highest BCUT2D eigenvalue weighted by molar-refractivity contribution is 9.10. The Labute approximate surface area is 132 Å². The van der Waals surface area contributed by atoms with Gasteiger partial charge in [-0.2, -0.15) is 0 Å². The summed E-state index contributed by atoms with van der Waals surface area (Å²) in [5.41, 5.74) is 7.38. The SMILES string of the molecule is CCCN(C(=O)c1ccc(Br)cc1O)c1cccc(N)c1. The number of carbonyl (C=O) groups is 1. The molecule has 0 heterocycles. The van der Waals surface area contributed by atoms with Gasteiger partial charge in [0.25, 0.3) is 5.91 Å². The molecule has 2 aromatic rings. The van der Waals surface area contributed by atoms with Gasteiger partial charge in [-0.05, 0) is 42.8 Å². The molecule has 5 heteroatoms. The minimum Gasteiger partial charge on any atom is -0.507 e. The number of halogens is 1. The molecule has 0 spiro atoms. The van der Waals surface area contributed by atoms with Crippen molar-refractivity contribution < 1.29 is 9.90 Å². The van der Waals surface area contributed by atoms with Crippen molar-refractivity contribution in [2.24, 2.45) is 0 Å². The summed E-state index contributed by atoms with van der Waals surface area (Å²) in [4.78, 5) is 14.3. The fraction of sp³-hybridized carbons (Fsp3) is 0.188. The molecule has 2 rings (SSSR count). The number of phenols is 1. The average Bonchev–Trinajstić information content (AvgIpc) is 2.44. The number of amides is 1. The summed E-state index contributed by atoms with van der Waals surface area (Å²) in [5, 5.41) is 9.98. The highest BCUT2D eigenvalue weighted by Crippen LogP contribution is 2.26. The molecule has 0 bridgehead atoms. The third-order valence-electron chi connectivity index (χ3n) is 3.06. The lowest BCUT2D eigenvalue weighted by atomic mass is 10.1. The monoisotopic (exact) mass is 348 g/mol. The number of rotatable bonds is 4. The van der Waals surface area contributed by atoms with E-state index in [0.29, 0.717) is 12.2 Å². The van der Waals surface area contributed by atoms with Gasteiger partial charge in [0.15, 0.2) is 0 Å². The van der Waals surface area contributed by atoms with Gasteiger partial charge in [0.05, 0.1) is 5.56 Å². The molecule has 3 N–H and O–H groups in total. The van der Waals surface area contributed by atoms with Crippen molar-refractivity contribution >= 4 is 33.2 Å². The van der Waals surface area contributed by atoms with Crippen LogP contribution < -0.4 is 10.6 Å². The molecule has 1 amide bonds. The quantitative estimate of drug-likeness (QED) is 0.826. The number of hydrogen-bond donors (Lipinski definition) is 2. The first-order valence-corrected chi connectivity index (χ1v) is 7.48. The number of nitrogens with zero attached hydrogens (tertiary/aromatic N) is 1. The molecule has 2 aromatic carbocycles. The molecule has 0 atom stereocenters. The molecule has 110 valence electrons. The maximum absolute atomic E-state index is 12.7. The van der Waals surface area contributed by atoms with Crippen LogP contribution in [0.15, 0.2) is 46.9 Å². The molecule has 0 radical (unpaired) electrons. The largest absolute Gasteiger partial charge is 0.507 e. The Balaban J connectivity index is 2.40. The zero-order valence-electron chi connectivity index (χ0n) is 11.7. The van der Waals surface area contributed by atoms with Crippen molar-refractivity contribution in [3.63, 3.8) is 0 Å². The maximum atomic E-state index is 12.7. The van der Waals surface area contributed by atoms with Crippen LogP contribution in [0.1, 0.15) is 23.7 Å². The Morgan fingerprint density at radius 3 is 2.67 bits per heavy atom. The Hall–Kier alpha value is -2.01. The summed E-state index contributed by atoms with van der Waals surface area (Å²) in [6, 6.07) is 12.0. The third kappa shape index (κ3) is 3.55. The van der Waals surface area contributed by atoms with Crippen molar-refractivity contribution in [3.05, 3.63) is 52.5 Å². The van der Waals surface area contributed by atoms with Gasteiger partial charge < -0.3 is 15.7 Å². The van der Waals surface area contributed by atoms with Crippen LogP contribution in [0.25, 0.3) is 0 Å². The van der Waals surface area contributed by atoms with E-state index in [9.17, 15) is 9.90 Å². The van der Waals surface area contributed by atoms with E-state index >= 15 is 0 Å². The number of phenolic OH excluding ortho intramolecular Hbond substituents is 1. The lowest BCUT2D eigenvalue weighted by Gasteiger charge is -2.23. The maximum Gasteiger partial charge on any atom is 0.262 e. The van der Waals surface area contributed by atoms with E-state index in [2.05, 4.69) is 15.9 Å². The van der Waals surface area contributed by atoms with Crippen molar-refractivity contribution in [1.82, 2.24) is 0 Å². The van der Waals surface area contributed by atoms with Crippen LogP contribution in [0.2, 0.25) is 0 Å². The van der Waals surface area contributed by atoms with E-state index in [-0.39, 0.29) is 17.2 Å². The van der Waals surface area contributed by atoms with E-state index in [1.165, 1.54) is 6.07 Å². The molecule has 0 saturated carbocycles. The zero-order chi connectivity index (χ0) is 15.4. The lowest BCUT2D eigenvalue weighted by molar-refractivity contribution is 0.0984. The van der Waals surface area contributed by atoms with Crippen molar-refractivity contribution in [2.75, 3.05) is 17.2 Å². The predicted octanol–water partition coefficient (Wildman–Crippen LogP) is 3.79. The summed E-state index contributed by atoms with van der Waals surface area (Å²) >= 11 is 3.27. The minimum atomic E-state index is -0.243. The Morgan fingerprint density at radius 1 is 1.29 bits per heavy atom. The summed E-state index contributed by atoms with van der Waals surface area (Å²) < 4.78 is 0.725. The summed E-state index contributed by atoms with van der Waals surface area (Å²) in [5.74, 6) is -0.285. The normalized spacial score (nSPS) is 10.4. The summed E-state index contributed by atoms with van der Waals surface area (Å²) in [7, 11) is 0. The second-order valence-corrected chi connectivity index (χ2v) is 5.63. The molecule has 0 aliphatic heterocycles. The standard InChI is InChI=1S/C16H17BrN2O2/c1-2-8-19(13-5-3-4-12(18)10-13)16(21)14-7-6-11(17)9-15(14)20/h3-7,9-10,20H,2,8,18H2,1H3. The van der Waals surface area contributed by atoms with Crippen LogP contribution in [0.4, 0.5) is 11.4 Å². The fourth-order valence-corrected chi connectivity index (χ4v) is 2.44. The summed E-state index contributed by atoms with van der Waals surface area (Å²) in [6.07, 6.45) is 0.803. The molecule has 0 fully saturated rings. The third-order valence-corrected chi connectivity index (χ3v) is 3.56. The van der Waals surface area contributed by atoms with Crippen LogP contribution in [0.3, 0.4) is 0 Å². The van der Waals surface area contributed by atoms with Crippen LogP contribution in [-0.4, -0.2) is 17.6 Å². The number of carbonyl (C=O) groups excluding carboxylic acids is 1. The summed E-state index contributed by atoms with van der Waals surface area (Å²) in [6.45, 7) is 2.55. The number of hydrogen-bond acceptors (Lipinski definition) is 3. The van der Waals surface area contributed by atoms with Crippen molar-refractivity contribution in [3.8, 4) is 5.75 Å². The van der Waals surface area contributed by atoms with Crippen LogP contribution >= 0.6 is 15.9 Å². The minimum absolute atomic E-state index is 0.0422. The first-order chi connectivity index (χ1) is 10.0. The van der Waals surface area contributed by atoms with Gasteiger partial charge in [0.1, 0.15) is 5.75 Å². The van der Waals surface area contributed by atoms with E-state index in [1.807, 2.05) is 19.1 Å². The highest BCUT2D eigenvalue weighted by atomic mass is 79.9. The predicted molar refractivity (Wildman–Crippen MR) is 88.6 cm³/mol. The van der Waals surface area contributed by atoms with E-state index in [0.717, 1.165) is 16.6 Å². The van der Waals surface area contributed by atoms with Crippen molar-refractivity contribution in [2.45, 2.75) is 13.3 Å². The second-order valence-electron chi connectivity index (χ2n) is 4.71. The molecule has 0 saturated heterocycles. The van der Waals surface area contributed by atoms with Gasteiger partial charge in [0.2, 0.25) is 0 Å². The number of anilines is 2. The molecule has 4 nitrogen and oxygen atoms in total. The smallest absolute Gasteiger partial charge is 0.262 e. The second kappa shape index (κ2) is 6.63. The van der Waals surface area contributed by atoms with Crippen LogP contribution in [0, 0.1) is 0 Å². The van der Waals surface area contributed by atoms with Gasteiger partial charge >= 0.3 is 0 Å². The molecule has 0 unspecified atom stereocenters. The van der Waals surface area contributed by atoms with Crippen LogP contribution in [-0.2, 0) is 0 Å². The number of benzene rings is 2. The number of aromatic hydroxyl groups is 1. The van der Waals surface area contributed by atoms with Gasteiger partial charge in [0, 0.05) is 22.4 Å².